The lowest BCUT2D eigenvalue weighted by molar-refractivity contribution is -0.145. The lowest BCUT2D eigenvalue weighted by Crippen LogP contribution is -2.54. The third kappa shape index (κ3) is 4.30. The highest BCUT2D eigenvalue weighted by Gasteiger charge is 2.54. The van der Waals surface area contributed by atoms with Crippen molar-refractivity contribution >= 4 is 18.0 Å². The minimum absolute atomic E-state index is 0.0100. The van der Waals surface area contributed by atoms with Gasteiger partial charge in [-0.15, -0.1) is 0 Å². The summed E-state index contributed by atoms with van der Waals surface area (Å²) in [6.45, 7) is 6.66. The summed E-state index contributed by atoms with van der Waals surface area (Å²) >= 11 is 0. The van der Waals surface area contributed by atoms with Gasteiger partial charge in [-0.25, -0.2) is 14.0 Å². The molecule has 0 spiro atoms. The summed E-state index contributed by atoms with van der Waals surface area (Å²) in [5.41, 5.74) is 0.0795. The molecule has 0 radical (unpaired) electrons. The Hall–Kier alpha value is -2.68. The van der Waals surface area contributed by atoms with Gasteiger partial charge in [-0.1, -0.05) is 12.1 Å². The first kappa shape index (κ1) is 22.5. The molecular formula is C23H30FN3O5. The van der Waals surface area contributed by atoms with E-state index in [9.17, 15) is 18.8 Å². The standard InChI is InChI=1S/C23H30FN3O5/c1-23(2,3)32-22(30)27-13-16(10-19(27)21(29)31-4)25-12-17-9-18(25)20(28)26(17)11-14-6-5-7-15(24)8-14/h5-8,16-19H,9-13H2,1-4H3/t16-,17+,18+,19-/m0/s1. The average molecular weight is 448 g/mol. The van der Waals surface area contributed by atoms with Gasteiger partial charge in [-0.3, -0.25) is 14.6 Å². The maximum Gasteiger partial charge on any atom is 0.411 e. The normalized spacial score (nSPS) is 27.8. The number of hydrogen-bond donors (Lipinski definition) is 0. The van der Waals surface area contributed by atoms with Crippen LogP contribution < -0.4 is 0 Å². The van der Waals surface area contributed by atoms with E-state index in [-0.39, 0.29) is 29.8 Å². The Kier molecular flexibility index (Phi) is 5.87. The fraction of sp³-hybridized carbons (Fsp3) is 0.609. The van der Waals surface area contributed by atoms with Crippen LogP contribution in [0.3, 0.4) is 0 Å². The van der Waals surface area contributed by atoms with E-state index in [4.69, 9.17) is 9.47 Å². The molecule has 1 aromatic carbocycles. The highest BCUT2D eigenvalue weighted by Crippen LogP contribution is 2.38. The third-order valence-electron chi connectivity index (χ3n) is 6.42. The SMILES string of the molecule is COC(=O)[C@@H]1C[C@H](N2C[C@H]3C[C@@H]2C(=O)N3Cc2cccc(F)c2)CN1C(=O)OC(C)(C)C. The van der Waals surface area contributed by atoms with E-state index in [1.807, 2.05) is 11.0 Å². The molecule has 3 fully saturated rings. The van der Waals surface area contributed by atoms with Crippen LogP contribution in [-0.2, 0) is 25.6 Å². The molecule has 2 bridgehead atoms. The second-order valence-corrected chi connectivity index (χ2v) is 9.76. The van der Waals surface area contributed by atoms with Gasteiger partial charge in [0.1, 0.15) is 17.5 Å². The molecule has 32 heavy (non-hydrogen) atoms. The molecule has 0 saturated carbocycles. The lowest BCUT2D eigenvalue weighted by atomic mass is 10.1. The molecule has 9 heteroatoms. The van der Waals surface area contributed by atoms with Gasteiger partial charge in [0.25, 0.3) is 0 Å². The number of likely N-dealkylation sites (tertiary alicyclic amines) is 3. The van der Waals surface area contributed by atoms with Gasteiger partial charge in [-0.05, 0) is 51.3 Å². The maximum atomic E-state index is 13.5. The molecule has 174 valence electrons. The summed E-state index contributed by atoms with van der Waals surface area (Å²) in [6.07, 6.45) is 0.533. The summed E-state index contributed by atoms with van der Waals surface area (Å²) < 4.78 is 23.9. The molecule has 8 nitrogen and oxygen atoms in total. The molecule has 0 aliphatic carbocycles. The molecular weight excluding hydrogens is 417 g/mol. The van der Waals surface area contributed by atoms with Crippen molar-refractivity contribution < 1.29 is 28.2 Å². The van der Waals surface area contributed by atoms with E-state index in [1.54, 1.807) is 26.8 Å². The average Bonchev–Trinajstić information content (AvgIpc) is 3.40. The molecule has 0 unspecified atom stereocenters. The molecule has 0 N–H and O–H groups in total. The van der Waals surface area contributed by atoms with Gasteiger partial charge >= 0.3 is 12.1 Å². The maximum absolute atomic E-state index is 13.5. The van der Waals surface area contributed by atoms with Crippen LogP contribution in [0.25, 0.3) is 0 Å². The number of methoxy groups -OCH3 is 1. The first-order valence-corrected chi connectivity index (χ1v) is 11.0. The molecule has 3 aliphatic heterocycles. The zero-order valence-corrected chi connectivity index (χ0v) is 18.9. The number of carbonyl (C=O) groups is 3. The van der Waals surface area contributed by atoms with E-state index in [2.05, 4.69) is 4.90 Å². The number of nitrogens with zero attached hydrogens (tertiary/aromatic N) is 3. The van der Waals surface area contributed by atoms with Crippen LogP contribution in [0.5, 0.6) is 0 Å². The van der Waals surface area contributed by atoms with Crippen LogP contribution >= 0.6 is 0 Å². The molecule has 3 aliphatic rings. The first-order chi connectivity index (χ1) is 15.1. The second kappa shape index (κ2) is 8.35. The fourth-order valence-electron chi connectivity index (χ4n) is 5.06. The fourth-order valence-corrected chi connectivity index (χ4v) is 5.06. The van der Waals surface area contributed by atoms with Crippen LogP contribution in [-0.4, -0.2) is 82.6 Å². The Balaban J connectivity index is 1.45. The van der Waals surface area contributed by atoms with Crippen molar-refractivity contribution in [3.05, 3.63) is 35.6 Å². The van der Waals surface area contributed by atoms with Crippen LogP contribution in [0.1, 0.15) is 39.2 Å². The van der Waals surface area contributed by atoms with Crippen LogP contribution in [0, 0.1) is 5.82 Å². The lowest BCUT2D eigenvalue weighted by Gasteiger charge is -2.37. The molecule has 2 amide bonds. The number of carbonyl (C=O) groups excluding carboxylic acids is 3. The molecule has 3 heterocycles. The van der Waals surface area contributed by atoms with Crippen molar-refractivity contribution in [3.63, 3.8) is 0 Å². The quantitative estimate of drug-likeness (QED) is 0.659. The van der Waals surface area contributed by atoms with Crippen molar-refractivity contribution in [1.29, 1.82) is 0 Å². The number of fused-ring (bicyclic) bond motifs is 2. The molecule has 3 saturated heterocycles. The van der Waals surface area contributed by atoms with Crippen molar-refractivity contribution in [3.8, 4) is 0 Å². The minimum Gasteiger partial charge on any atom is -0.467 e. The number of hydrogen-bond acceptors (Lipinski definition) is 6. The Morgan fingerprint density at radius 3 is 2.53 bits per heavy atom. The molecule has 4 rings (SSSR count). The first-order valence-electron chi connectivity index (χ1n) is 11.0. The van der Waals surface area contributed by atoms with E-state index >= 15 is 0 Å². The van der Waals surface area contributed by atoms with E-state index < -0.39 is 23.7 Å². The Bertz CT molecular complexity index is 917. The number of ether oxygens (including phenoxy) is 2. The number of benzene rings is 1. The third-order valence-corrected chi connectivity index (χ3v) is 6.42. The predicted molar refractivity (Wildman–Crippen MR) is 113 cm³/mol. The van der Waals surface area contributed by atoms with Gasteiger partial charge < -0.3 is 14.4 Å². The van der Waals surface area contributed by atoms with Crippen LogP contribution in [0.2, 0.25) is 0 Å². The van der Waals surface area contributed by atoms with Crippen LogP contribution in [0.15, 0.2) is 24.3 Å². The molecule has 4 atom stereocenters. The van der Waals surface area contributed by atoms with Gasteiger partial charge in [-0.2, -0.15) is 0 Å². The van der Waals surface area contributed by atoms with E-state index in [0.717, 1.165) is 5.56 Å². The Labute approximate surface area is 187 Å². The second-order valence-electron chi connectivity index (χ2n) is 9.76. The van der Waals surface area contributed by atoms with Gasteiger partial charge in [0.05, 0.1) is 13.2 Å². The van der Waals surface area contributed by atoms with E-state index in [1.165, 1.54) is 24.1 Å². The van der Waals surface area contributed by atoms with Gasteiger partial charge in [0.2, 0.25) is 5.91 Å². The topological polar surface area (TPSA) is 79.4 Å². The summed E-state index contributed by atoms with van der Waals surface area (Å²) in [7, 11) is 1.30. The molecule has 1 aromatic rings. The Morgan fingerprint density at radius 1 is 1.16 bits per heavy atom. The monoisotopic (exact) mass is 447 g/mol. The number of halogens is 1. The highest BCUT2D eigenvalue weighted by molar-refractivity contribution is 5.86. The van der Waals surface area contributed by atoms with Gasteiger partial charge in [0, 0.05) is 31.7 Å². The predicted octanol–water partition coefficient (Wildman–Crippen LogP) is 2.16. The Morgan fingerprint density at radius 2 is 1.91 bits per heavy atom. The molecule has 0 aromatic heterocycles. The van der Waals surface area contributed by atoms with Crippen molar-refractivity contribution in [1.82, 2.24) is 14.7 Å². The van der Waals surface area contributed by atoms with Gasteiger partial charge in [0.15, 0.2) is 0 Å². The zero-order valence-electron chi connectivity index (χ0n) is 18.9. The summed E-state index contributed by atoms with van der Waals surface area (Å²) in [5.74, 6) is -0.791. The van der Waals surface area contributed by atoms with Crippen molar-refractivity contribution in [2.45, 2.75) is 69.9 Å². The number of amides is 2. The number of piperazine rings is 1. The van der Waals surface area contributed by atoms with Crippen molar-refractivity contribution in [2.24, 2.45) is 0 Å². The number of rotatable bonds is 4. The van der Waals surface area contributed by atoms with Crippen LogP contribution in [0.4, 0.5) is 9.18 Å². The smallest absolute Gasteiger partial charge is 0.411 e. The van der Waals surface area contributed by atoms with E-state index in [0.29, 0.717) is 32.5 Å². The largest absolute Gasteiger partial charge is 0.467 e. The number of esters is 1. The summed E-state index contributed by atoms with van der Waals surface area (Å²) in [4.78, 5) is 43.5. The summed E-state index contributed by atoms with van der Waals surface area (Å²) in [5, 5.41) is 0. The highest BCUT2D eigenvalue weighted by atomic mass is 19.1. The summed E-state index contributed by atoms with van der Waals surface area (Å²) in [6, 6.07) is 5.16. The van der Waals surface area contributed by atoms with Crippen molar-refractivity contribution in [2.75, 3.05) is 20.2 Å². The minimum atomic E-state index is -0.738. The zero-order chi connectivity index (χ0) is 23.2.